The predicted octanol–water partition coefficient (Wildman–Crippen LogP) is 0.131. The molecule has 0 atom stereocenters. The zero-order valence-electron chi connectivity index (χ0n) is 9.35. The molecule has 0 radical (unpaired) electrons. The SMILES string of the molecule is NCCSCCNc1ccnn1C1CNC1. The van der Waals surface area contributed by atoms with Crippen LogP contribution in [0.3, 0.4) is 0 Å². The first-order valence-corrected chi connectivity index (χ1v) is 6.83. The smallest absolute Gasteiger partial charge is 0.124 e. The van der Waals surface area contributed by atoms with Crippen LogP contribution in [0.5, 0.6) is 0 Å². The highest BCUT2D eigenvalue weighted by atomic mass is 32.2. The van der Waals surface area contributed by atoms with Crippen molar-refractivity contribution in [2.75, 3.05) is 43.0 Å². The van der Waals surface area contributed by atoms with Gasteiger partial charge >= 0.3 is 0 Å². The molecule has 0 bridgehead atoms. The van der Waals surface area contributed by atoms with Crippen LogP contribution in [0.15, 0.2) is 12.3 Å². The second-order valence-corrected chi connectivity index (χ2v) is 5.03. The molecule has 0 saturated carbocycles. The maximum absolute atomic E-state index is 5.43. The molecule has 0 aliphatic carbocycles. The van der Waals surface area contributed by atoms with Gasteiger partial charge in [-0.15, -0.1) is 0 Å². The van der Waals surface area contributed by atoms with Gasteiger partial charge in [-0.2, -0.15) is 16.9 Å². The topological polar surface area (TPSA) is 67.9 Å². The number of thioether (sulfide) groups is 1. The van der Waals surface area contributed by atoms with Gasteiger partial charge in [0.05, 0.1) is 12.2 Å². The van der Waals surface area contributed by atoms with E-state index in [0.717, 1.165) is 43.5 Å². The van der Waals surface area contributed by atoms with Gasteiger partial charge in [-0.05, 0) is 0 Å². The lowest BCUT2D eigenvalue weighted by atomic mass is 10.2. The van der Waals surface area contributed by atoms with Gasteiger partial charge in [-0.25, -0.2) is 4.68 Å². The lowest BCUT2D eigenvalue weighted by Gasteiger charge is -2.28. The summed E-state index contributed by atoms with van der Waals surface area (Å²) >= 11 is 1.88. The van der Waals surface area contributed by atoms with E-state index in [1.807, 2.05) is 24.0 Å². The Balaban J connectivity index is 1.73. The van der Waals surface area contributed by atoms with Crippen LogP contribution in [0.1, 0.15) is 6.04 Å². The van der Waals surface area contributed by atoms with Crippen LogP contribution in [0, 0.1) is 0 Å². The van der Waals surface area contributed by atoms with Crippen molar-refractivity contribution >= 4 is 17.6 Å². The summed E-state index contributed by atoms with van der Waals surface area (Å²) in [4.78, 5) is 0. The minimum Gasteiger partial charge on any atom is -0.369 e. The molecule has 90 valence electrons. The molecule has 1 aromatic rings. The molecule has 1 aromatic heterocycles. The molecule has 1 aliphatic heterocycles. The van der Waals surface area contributed by atoms with Gasteiger partial charge < -0.3 is 16.4 Å². The van der Waals surface area contributed by atoms with Gasteiger partial charge in [0.1, 0.15) is 5.82 Å². The summed E-state index contributed by atoms with van der Waals surface area (Å²) in [6.07, 6.45) is 1.85. The summed E-state index contributed by atoms with van der Waals surface area (Å²) in [5.74, 6) is 3.25. The average molecular weight is 241 g/mol. The Kier molecular flexibility index (Phi) is 4.50. The summed E-state index contributed by atoms with van der Waals surface area (Å²) in [7, 11) is 0. The third-order valence-electron chi connectivity index (χ3n) is 2.59. The van der Waals surface area contributed by atoms with E-state index in [9.17, 15) is 0 Å². The van der Waals surface area contributed by atoms with Gasteiger partial charge in [0.15, 0.2) is 0 Å². The molecule has 0 aromatic carbocycles. The first kappa shape index (κ1) is 11.8. The van der Waals surface area contributed by atoms with E-state index in [2.05, 4.69) is 20.4 Å². The molecule has 1 saturated heterocycles. The van der Waals surface area contributed by atoms with Crippen LogP contribution < -0.4 is 16.4 Å². The maximum atomic E-state index is 5.43. The van der Waals surface area contributed by atoms with E-state index in [0.29, 0.717) is 6.04 Å². The van der Waals surface area contributed by atoms with Crippen LogP contribution in [-0.2, 0) is 0 Å². The Morgan fingerprint density at radius 2 is 2.44 bits per heavy atom. The number of nitrogens with one attached hydrogen (secondary N) is 2. The second-order valence-electron chi connectivity index (χ2n) is 3.80. The van der Waals surface area contributed by atoms with Crippen molar-refractivity contribution in [3.05, 3.63) is 12.3 Å². The van der Waals surface area contributed by atoms with Crippen LogP contribution in [0.25, 0.3) is 0 Å². The van der Waals surface area contributed by atoms with E-state index in [4.69, 9.17) is 5.73 Å². The highest BCUT2D eigenvalue weighted by Crippen LogP contribution is 2.17. The fraction of sp³-hybridized carbons (Fsp3) is 0.700. The Hall–Kier alpha value is -0.720. The van der Waals surface area contributed by atoms with Gasteiger partial charge in [0.2, 0.25) is 0 Å². The lowest BCUT2D eigenvalue weighted by Crippen LogP contribution is -2.44. The van der Waals surface area contributed by atoms with Crippen LogP contribution >= 0.6 is 11.8 Å². The predicted molar refractivity (Wildman–Crippen MR) is 69.0 cm³/mol. The third kappa shape index (κ3) is 2.90. The fourth-order valence-corrected chi connectivity index (χ4v) is 2.25. The minimum atomic E-state index is 0.522. The van der Waals surface area contributed by atoms with Gasteiger partial charge in [0, 0.05) is 43.8 Å². The number of rotatable bonds is 7. The number of aromatic nitrogens is 2. The maximum Gasteiger partial charge on any atom is 0.124 e. The first-order valence-electron chi connectivity index (χ1n) is 5.67. The van der Waals surface area contributed by atoms with Crippen molar-refractivity contribution in [3.8, 4) is 0 Å². The Morgan fingerprint density at radius 3 is 3.12 bits per heavy atom. The van der Waals surface area contributed by atoms with Crippen LogP contribution in [-0.4, -0.2) is 47.5 Å². The minimum absolute atomic E-state index is 0.522. The third-order valence-corrected chi connectivity index (χ3v) is 3.61. The quantitative estimate of drug-likeness (QED) is 0.592. The molecule has 0 unspecified atom stereocenters. The highest BCUT2D eigenvalue weighted by Gasteiger charge is 2.21. The lowest BCUT2D eigenvalue weighted by molar-refractivity contribution is 0.321. The normalized spacial score (nSPS) is 16.1. The van der Waals surface area contributed by atoms with Crippen LogP contribution in [0.4, 0.5) is 5.82 Å². The van der Waals surface area contributed by atoms with Crippen molar-refractivity contribution in [2.45, 2.75) is 6.04 Å². The summed E-state index contributed by atoms with van der Waals surface area (Å²) < 4.78 is 2.07. The van der Waals surface area contributed by atoms with E-state index in [-0.39, 0.29) is 0 Å². The van der Waals surface area contributed by atoms with Crippen molar-refractivity contribution < 1.29 is 0 Å². The second kappa shape index (κ2) is 6.12. The molecule has 2 rings (SSSR count). The molecule has 6 heteroatoms. The molecule has 1 fully saturated rings. The van der Waals surface area contributed by atoms with Gasteiger partial charge in [-0.3, -0.25) is 0 Å². The van der Waals surface area contributed by atoms with Gasteiger partial charge in [-0.1, -0.05) is 0 Å². The molecule has 2 heterocycles. The Labute approximate surface area is 100 Å². The summed E-state index contributed by atoms with van der Waals surface area (Å²) in [6.45, 7) is 3.78. The number of anilines is 1. The molecule has 1 aliphatic rings. The summed E-state index contributed by atoms with van der Waals surface area (Å²) in [5, 5.41) is 11.0. The van der Waals surface area contributed by atoms with E-state index in [1.54, 1.807) is 0 Å². The van der Waals surface area contributed by atoms with E-state index in [1.165, 1.54) is 0 Å². The van der Waals surface area contributed by atoms with Gasteiger partial charge in [0.25, 0.3) is 0 Å². The van der Waals surface area contributed by atoms with E-state index < -0.39 is 0 Å². The zero-order valence-corrected chi connectivity index (χ0v) is 10.2. The molecule has 16 heavy (non-hydrogen) atoms. The highest BCUT2D eigenvalue weighted by molar-refractivity contribution is 7.99. The zero-order chi connectivity index (χ0) is 11.2. The van der Waals surface area contributed by atoms with E-state index >= 15 is 0 Å². The summed E-state index contributed by atoms with van der Waals surface area (Å²) in [6, 6.07) is 2.56. The number of nitrogens with zero attached hydrogens (tertiary/aromatic N) is 2. The molecule has 0 amide bonds. The Morgan fingerprint density at radius 1 is 1.56 bits per heavy atom. The summed E-state index contributed by atoms with van der Waals surface area (Å²) in [5.41, 5.74) is 5.43. The Bertz CT molecular complexity index is 310. The number of hydrogen-bond acceptors (Lipinski definition) is 5. The molecule has 4 N–H and O–H groups in total. The largest absolute Gasteiger partial charge is 0.369 e. The number of hydrogen-bond donors (Lipinski definition) is 3. The van der Waals surface area contributed by atoms with Crippen molar-refractivity contribution in [1.82, 2.24) is 15.1 Å². The fourth-order valence-electron chi connectivity index (χ4n) is 1.63. The number of nitrogens with two attached hydrogens (primary N) is 1. The monoisotopic (exact) mass is 241 g/mol. The van der Waals surface area contributed by atoms with Crippen LogP contribution in [0.2, 0.25) is 0 Å². The van der Waals surface area contributed by atoms with Crippen molar-refractivity contribution in [3.63, 3.8) is 0 Å². The molecule has 0 spiro atoms. The molecular formula is C10H19N5S. The standard InChI is InChI=1S/C10H19N5S/c11-2-5-16-6-4-13-10-1-3-14-15(10)9-7-12-8-9/h1,3,9,12-13H,2,4-8,11H2. The molecular weight excluding hydrogens is 222 g/mol. The van der Waals surface area contributed by atoms with Crippen molar-refractivity contribution in [1.29, 1.82) is 0 Å². The average Bonchev–Trinajstić information content (AvgIpc) is 2.64. The van der Waals surface area contributed by atoms with Crippen molar-refractivity contribution in [2.24, 2.45) is 5.73 Å². The first-order chi connectivity index (χ1) is 7.92. The molecule has 5 nitrogen and oxygen atoms in total.